The first-order chi connectivity index (χ1) is 9.81. The maximum Gasteiger partial charge on any atom is 0.330 e. The molecule has 0 radical (unpaired) electrons. The lowest BCUT2D eigenvalue weighted by Gasteiger charge is -2.03. The summed E-state index contributed by atoms with van der Waals surface area (Å²) in [5.74, 6) is -0.180. The minimum absolute atomic E-state index is 0.180. The third kappa shape index (κ3) is 15.3. The van der Waals surface area contributed by atoms with Crippen molar-refractivity contribution in [2.24, 2.45) is 0 Å². The van der Waals surface area contributed by atoms with E-state index in [1.165, 1.54) is 51.4 Å². The van der Waals surface area contributed by atoms with Gasteiger partial charge in [0.15, 0.2) is 0 Å². The Morgan fingerprint density at radius 2 is 1.35 bits per heavy atom. The summed E-state index contributed by atoms with van der Waals surface area (Å²) >= 11 is 0. The highest BCUT2D eigenvalue weighted by Crippen LogP contribution is 2.09. The van der Waals surface area contributed by atoms with Crippen LogP contribution in [0.4, 0.5) is 0 Å². The number of hydrogen-bond donors (Lipinski definition) is 0. The predicted octanol–water partition coefficient (Wildman–Crippen LogP) is 5.81. The molecule has 0 saturated heterocycles. The van der Waals surface area contributed by atoms with E-state index in [2.05, 4.69) is 13.8 Å². The van der Waals surface area contributed by atoms with Crippen molar-refractivity contribution in [1.29, 1.82) is 0 Å². The summed E-state index contributed by atoms with van der Waals surface area (Å²) in [5, 5.41) is 0. The van der Waals surface area contributed by atoms with Gasteiger partial charge in [-0.2, -0.15) is 0 Å². The lowest BCUT2D eigenvalue weighted by Crippen LogP contribution is -2.02. The van der Waals surface area contributed by atoms with Gasteiger partial charge < -0.3 is 4.74 Å². The zero-order valence-corrected chi connectivity index (χ0v) is 13.7. The fourth-order valence-electron chi connectivity index (χ4n) is 2.14. The molecule has 0 aliphatic carbocycles. The summed E-state index contributed by atoms with van der Waals surface area (Å²) < 4.78 is 5.16. The van der Waals surface area contributed by atoms with Crippen molar-refractivity contribution in [2.75, 3.05) is 6.61 Å². The Labute approximate surface area is 126 Å². The second-order valence-electron chi connectivity index (χ2n) is 5.54. The Hall–Kier alpha value is -0.790. The number of ether oxygens (including phenoxy) is 1. The van der Waals surface area contributed by atoms with E-state index in [1.54, 1.807) is 6.08 Å². The third-order valence-electron chi connectivity index (χ3n) is 3.47. The molecule has 0 aromatic carbocycles. The normalized spacial score (nSPS) is 11.1. The highest BCUT2D eigenvalue weighted by Gasteiger charge is 1.96. The summed E-state index contributed by atoms with van der Waals surface area (Å²) in [5.41, 5.74) is 0. The van der Waals surface area contributed by atoms with Gasteiger partial charge in [-0.1, -0.05) is 84.1 Å². The maximum absolute atomic E-state index is 11.3. The van der Waals surface area contributed by atoms with Crippen LogP contribution in [0.5, 0.6) is 0 Å². The van der Waals surface area contributed by atoms with Crippen molar-refractivity contribution in [3.05, 3.63) is 12.2 Å². The van der Waals surface area contributed by atoms with E-state index < -0.39 is 0 Å². The van der Waals surface area contributed by atoms with E-state index in [-0.39, 0.29) is 5.97 Å². The maximum atomic E-state index is 11.3. The van der Waals surface area contributed by atoms with Crippen LogP contribution in [-0.4, -0.2) is 12.6 Å². The number of esters is 1. The van der Waals surface area contributed by atoms with Crippen LogP contribution in [0.2, 0.25) is 0 Å². The van der Waals surface area contributed by atoms with Gasteiger partial charge in [0.05, 0.1) is 6.61 Å². The van der Waals surface area contributed by atoms with Gasteiger partial charge in [0.1, 0.15) is 0 Å². The number of rotatable bonds is 14. The van der Waals surface area contributed by atoms with Crippen LogP contribution >= 0.6 is 0 Å². The van der Waals surface area contributed by atoms with Crippen LogP contribution in [0.15, 0.2) is 12.2 Å². The molecule has 20 heavy (non-hydrogen) atoms. The van der Waals surface area contributed by atoms with E-state index in [0.29, 0.717) is 6.61 Å². The SMILES string of the molecule is CCCC/C=C/C(=O)OCCCCCCCCCCC. The smallest absolute Gasteiger partial charge is 0.330 e. The molecule has 0 atom stereocenters. The molecule has 0 aliphatic rings. The van der Waals surface area contributed by atoms with Crippen LogP contribution in [0.25, 0.3) is 0 Å². The third-order valence-corrected chi connectivity index (χ3v) is 3.47. The van der Waals surface area contributed by atoms with Gasteiger partial charge in [-0.15, -0.1) is 0 Å². The van der Waals surface area contributed by atoms with Crippen LogP contribution in [0.3, 0.4) is 0 Å². The van der Waals surface area contributed by atoms with Crippen molar-refractivity contribution >= 4 is 5.97 Å². The molecular weight excluding hydrogens is 248 g/mol. The molecular formula is C18H34O2. The van der Waals surface area contributed by atoms with Crippen LogP contribution < -0.4 is 0 Å². The van der Waals surface area contributed by atoms with Gasteiger partial charge in [-0.25, -0.2) is 4.79 Å². The highest BCUT2D eigenvalue weighted by molar-refractivity contribution is 5.81. The van der Waals surface area contributed by atoms with E-state index in [0.717, 1.165) is 25.7 Å². The first-order valence-corrected chi connectivity index (χ1v) is 8.64. The van der Waals surface area contributed by atoms with Gasteiger partial charge in [0.25, 0.3) is 0 Å². The van der Waals surface area contributed by atoms with Crippen molar-refractivity contribution in [1.82, 2.24) is 0 Å². The van der Waals surface area contributed by atoms with E-state index >= 15 is 0 Å². The minimum Gasteiger partial charge on any atom is -0.463 e. The molecule has 0 aromatic heterocycles. The molecule has 0 fully saturated rings. The molecule has 0 unspecified atom stereocenters. The summed E-state index contributed by atoms with van der Waals surface area (Å²) in [4.78, 5) is 11.3. The molecule has 118 valence electrons. The summed E-state index contributed by atoms with van der Waals surface area (Å²) in [7, 11) is 0. The first-order valence-electron chi connectivity index (χ1n) is 8.64. The molecule has 2 heteroatoms. The molecule has 0 saturated carbocycles. The average molecular weight is 282 g/mol. The lowest BCUT2D eigenvalue weighted by atomic mass is 10.1. The quantitative estimate of drug-likeness (QED) is 0.228. The Bertz CT molecular complexity index is 234. The zero-order valence-electron chi connectivity index (χ0n) is 13.7. The Morgan fingerprint density at radius 3 is 1.95 bits per heavy atom. The number of hydrogen-bond acceptors (Lipinski definition) is 2. The summed E-state index contributed by atoms with van der Waals surface area (Å²) in [6, 6.07) is 0. The van der Waals surface area contributed by atoms with Crippen LogP contribution in [0, 0.1) is 0 Å². The summed E-state index contributed by atoms with van der Waals surface area (Å²) in [6.07, 6.45) is 18.4. The molecule has 0 heterocycles. The topological polar surface area (TPSA) is 26.3 Å². The van der Waals surface area contributed by atoms with Crippen molar-refractivity contribution in [3.63, 3.8) is 0 Å². The molecule has 0 spiro atoms. The Morgan fingerprint density at radius 1 is 0.800 bits per heavy atom. The van der Waals surface area contributed by atoms with Gasteiger partial charge in [-0.3, -0.25) is 0 Å². The van der Waals surface area contributed by atoms with E-state index in [1.807, 2.05) is 6.08 Å². The van der Waals surface area contributed by atoms with Crippen molar-refractivity contribution in [3.8, 4) is 0 Å². The number of allylic oxidation sites excluding steroid dienone is 1. The van der Waals surface area contributed by atoms with Gasteiger partial charge in [0.2, 0.25) is 0 Å². The largest absolute Gasteiger partial charge is 0.463 e. The number of carbonyl (C=O) groups is 1. The highest BCUT2D eigenvalue weighted by atomic mass is 16.5. The van der Waals surface area contributed by atoms with Crippen molar-refractivity contribution < 1.29 is 9.53 Å². The standard InChI is InChI=1S/C18H34O2/c1-3-5-7-9-10-11-12-13-15-17-20-18(19)16-14-8-6-4-2/h14,16H,3-13,15,17H2,1-2H3/b16-14+. The van der Waals surface area contributed by atoms with Crippen molar-refractivity contribution in [2.45, 2.75) is 90.9 Å². The predicted molar refractivity (Wildman–Crippen MR) is 86.9 cm³/mol. The number of carbonyl (C=O) groups excluding carboxylic acids is 1. The van der Waals surface area contributed by atoms with Crippen LogP contribution in [-0.2, 0) is 9.53 Å². The molecule has 0 amide bonds. The monoisotopic (exact) mass is 282 g/mol. The molecule has 0 rings (SSSR count). The van der Waals surface area contributed by atoms with Gasteiger partial charge in [-0.05, 0) is 12.8 Å². The summed E-state index contributed by atoms with van der Waals surface area (Å²) in [6.45, 7) is 4.98. The second kappa shape index (κ2) is 16.3. The van der Waals surface area contributed by atoms with E-state index in [9.17, 15) is 4.79 Å². The minimum atomic E-state index is -0.180. The fraction of sp³-hybridized carbons (Fsp3) is 0.833. The van der Waals surface area contributed by atoms with Gasteiger partial charge >= 0.3 is 5.97 Å². The lowest BCUT2D eigenvalue weighted by molar-refractivity contribution is -0.137. The molecule has 0 bridgehead atoms. The molecule has 0 N–H and O–H groups in total. The fourth-order valence-corrected chi connectivity index (χ4v) is 2.14. The second-order valence-corrected chi connectivity index (χ2v) is 5.54. The Kier molecular flexibility index (Phi) is 15.6. The number of unbranched alkanes of at least 4 members (excludes halogenated alkanes) is 10. The zero-order chi connectivity index (χ0) is 14.9. The molecule has 2 nitrogen and oxygen atoms in total. The van der Waals surface area contributed by atoms with E-state index in [4.69, 9.17) is 4.74 Å². The average Bonchev–Trinajstić information content (AvgIpc) is 2.45. The molecule has 0 aromatic rings. The first kappa shape index (κ1) is 19.2. The van der Waals surface area contributed by atoms with Gasteiger partial charge in [0, 0.05) is 6.08 Å². The van der Waals surface area contributed by atoms with Crippen LogP contribution in [0.1, 0.15) is 90.9 Å². The molecule has 0 aliphatic heterocycles. The Balaban J connectivity index is 3.19.